The number of hydrogen-bond donors (Lipinski definition) is 1. The van der Waals surface area contributed by atoms with Gasteiger partial charge in [-0.3, -0.25) is 9.36 Å². The monoisotopic (exact) mass is 418 g/mol. The first-order valence-corrected chi connectivity index (χ1v) is 10.2. The number of aromatic nitrogens is 3. The van der Waals surface area contributed by atoms with Crippen molar-refractivity contribution in [1.82, 2.24) is 20.0 Å². The third-order valence-electron chi connectivity index (χ3n) is 5.31. The molecule has 3 heterocycles. The highest BCUT2D eigenvalue weighted by Gasteiger charge is 2.27. The molecule has 30 heavy (non-hydrogen) atoms. The number of nitrogens with zero attached hydrogens (tertiary/aromatic N) is 3. The van der Waals surface area contributed by atoms with Gasteiger partial charge in [0.1, 0.15) is 16.7 Å². The fourth-order valence-electron chi connectivity index (χ4n) is 3.87. The molecule has 2 aromatic carbocycles. The van der Waals surface area contributed by atoms with Crippen molar-refractivity contribution < 1.29 is 9.32 Å². The molecule has 0 bridgehead atoms. The van der Waals surface area contributed by atoms with E-state index in [1.165, 1.54) is 5.56 Å². The summed E-state index contributed by atoms with van der Waals surface area (Å²) in [6.45, 7) is 0. The van der Waals surface area contributed by atoms with Gasteiger partial charge >= 0.3 is 0 Å². The van der Waals surface area contributed by atoms with Crippen LogP contribution >= 0.6 is 11.6 Å². The summed E-state index contributed by atoms with van der Waals surface area (Å²) in [5, 5.41) is 7.53. The summed E-state index contributed by atoms with van der Waals surface area (Å²) < 4.78 is 7.28. The zero-order valence-electron chi connectivity index (χ0n) is 16.1. The van der Waals surface area contributed by atoms with Gasteiger partial charge in [-0.25, -0.2) is 4.98 Å². The summed E-state index contributed by atoms with van der Waals surface area (Å²) in [7, 11) is 0. The normalized spacial score (nSPS) is 15.2. The summed E-state index contributed by atoms with van der Waals surface area (Å²) in [6.07, 6.45) is 3.72. The lowest BCUT2D eigenvalue weighted by Gasteiger charge is -2.16. The second-order valence-electron chi connectivity index (χ2n) is 7.31. The summed E-state index contributed by atoms with van der Waals surface area (Å²) in [5.41, 5.74) is 3.52. The van der Waals surface area contributed by atoms with Gasteiger partial charge in [0.2, 0.25) is 0 Å². The number of imidazole rings is 1. The molecule has 1 aliphatic heterocycles. The van der Waals surface area contributed by atoms with Crippen molar-refractivity contribution >= 4 is 17.5 Å². The minimum Gasteiger partial charge on any atom is -0.360 e. The lowest BCUT2D eigenvalue weighted by atomic mass is 10.1. The van der Waals surface area contributed by atoms with E-state index in [1.54, 1.807) is 12.3 Å². The third kappa shape index (κ3) is 3.50. The molecule has 150 valence electrons. The lowest BCUT2D eigenvalue weighted by Crippen LogP contribution is -2.30. The molecule has 0 saturated heterocycles. The van der Waals surface area contributed by atoms with Crippen molar-refractivity contribution in [2.75, 3.05) is 0 Å². The van der Waals surface area contributed by atoms with Gasteiger partial charge in [0.05, 0.1) is 17.9 Å². The molecular weight excluding hydrogens is 400 g/mol. The summed E-state index contributed by atoms with van der Waals surface area (Å²) >= 11 is 6.42. The predicted octanol–water partition coefficient (Wildman–Crippen LogP) is 4.52. The van der Waals surface area contributed by atoms with Crippen LogP contribution in [0.5, 0.6) is 0 Å². The molecule has 1 atom stereocenters. The van der Waals surface area contributed by atoms with Crippen LogP contribution in [-0.4, -0.2) is 20.6 Å². The van der Waals surface area contributed by atoms with Crippen molar-refractivity contribution in [2.24, 2.45) is 0 Å². The number of benzene rings is 2. The maximum atomic E-state index is 12.9. The number of para-hydroxylation sites is 1. The second-order valence-corrected chi connectivity index (χ2v) is 7.70. The van der Waals surface area contributed by atoms with E-state index in [1.807, 2.05) is 53.1 Å². The average Bonchev–Trinajstić information content (AvgIpc) is 3.35. The van der Waals surface area contributed by atoms with Crippen molar-refractivity contribution in [3.05, 3.63) is 100 Å². The zero-order valence-corrected chi connectivity index (χ0v) is 16.8. The van der Waals surface area contributed by atoms with Crippen molar-refractivity contribution in [2.45, 2.75) is 25.3 Å². The van der Waals surface area contributed by atoms with E-state index in [-0.39, 0.29) is 17.6 Å². The van der Waals surface area contributed by atoms with Gasteiger partial charge in [0.25, 0.3) is 5.91 Å². The first-order chi connectivity index (χ1) is 14.7. The summed E-state index contributed by atoms with van der Waals surface area (Å²) in [6, 6.07) is 19.4. The number of rotatable bonds is 4. The maximum absolute atomic E-state index is 12.9. The first-order valence-electron chi connectivity index (χ1n) is 9.81. The number of carbonyl (C=O) groups is 1. The van der Waals surface area contributed by atoms with Gasteiger partial charge in [-0.05, 0) is 30.0 Å². The summed E-state index contributed by atoms with van der Waals surface area (Å²) in [5.74, 6) is 1.06. The van der Waals surface area contributed by atoms with Crippen LogP contribution in [0.3, 0.4) is 0 Å². The van der Waals surface area contributed by atoms with Gasteiger partial charge < -0.3 is 9.84 Å². The molecule has 1 amide bonds. The number of aryl methyl sites for hydroxylation is 1. The van der Waals surface area contributed by atoms with Crippen LogP contribution < -0.4 is 5.32 Å². The Morgan fingerprint density at radius 1 is 1.17 bits per heavy atom. The fraction of sp³-hybridized carbons (Fsp3) is 0.174. The Kier molecular flexibility index (Phi) is 4.85. The van der Waals surface area contributed by atoms with Gasteiger partial charge in [-0.15, -0.1) is 0 Å². The van der Waals surface area contributed by atoms with Crippen LogP contribution in [-0.2, 0) is 12.8 Å². The first kappa shape index (κ1) is 18.6. The zero-order chi connectivity index (χ0) is 20.5. The fourth-order valence-corrected chi connectivity index (χ4v) is 4.09. The standard InChI is InChI=1S/C23H19ClN4O2/c24-21-14-25-22-18(11-10-16-8-4-5-9-20(16)28(21)22)26-23(29)19-13-17(30-27-19)12-15-6-2-1-3-7-15/h1-9,13-14,18H,10-12H2,(H,26,29). The van der Waals surface area contributed by atoms with Gasteiger partial charge in [0, 0.05) is 12.5 Å². The van der Waals surface area contributed by atoms with Crippen LogP contribution in [0.4, 0.5) is 0 Å². The molecule has 4 aromatic rings. The van der Waals surface area contributed by atoms with E-state index in [4.69, 9.17) is 16.1 Å². The molecule has 1 aliphatic rings. The van der Waals surface area contributed by atoms with Crippen LogP contribution in [0.1, 0.15) is 45.7 Å². The lowest BCUT2D eigenvalue weighted by molar-refractivity contribution is 0.0923. The Morgan fingerprint density at radius 3 is 2.83 bits per heavy atom. The molecule has 5 rings (SSSR count). The summed E-state index contributed by atoms with van der Waals surface area (Å²) in [4.78, 5) is 17.4. The quantitative estimate of drug-likeness (QED) is 0.528. The molecule has 0 aliphatic carbocycles. The SMILES string of the molecule is O=C(NC1CCc2ccccc2-n2c(Cl)cnc21)c1cc(Cc2ccccc2)on1. The highest BCUT2D eigenvalue weighted by Crippen LogP contribution is 2.32. The molecule has 2 aromatic heterocycles. The van der Waals surface area contributed by atoms with Crippen LogP contribution in [0.2, 0.25) is 5.15 Å². The van der Waals surface area contributed by atoms with Gasteiger partial charge in [0.15, 0.2) is 5.69 Å². The highest BCUT2D eigenvalue weighted by atomic mass is 35.5. The van der Waals surface area contributed by atoms with Crippen molar-refractivity contribution in [3.63, 3.8) is 0 Å². The van der Waals surface area contributed by atoms with Gasteiger partial charge in [-0.1, -0.05) is 65.3 Å². The Labute approximate surface area is 178 Å². The predicted molar refractivity (Wildman–Crippen MR) is 113 cm³/mol. The molecular formula is C23H19ClN4O2. The molecule has 0 fully saturated rings. The number of nitrogens with one attached hydrogen (secondary N) is 1. The molecule has 7 heteroatoms. The van der Waals surface area contributed by atoms with E-state index in [2.05, 4.69) is 21.5 Å². The number of hydrogen-bond acceptors (Lipinski definition) is 4. The molecule has 1 N–H and O–H groups in total. The average molecular weight is 419 g/mol. The Balaban J connectivity index is 1.37. The van der Waals surface area contributed by atoms with Gasteiger partial charge in [-0.2, -0.15) is 0 Å². The largest absolute Gasteiger partial charge is 0.360 e. The van der Waals surface area contributed by atoms with Crippen molar-refractivity contribution in [3.8, 4) is 5.69 Å². The number of carbonyl (C=O) groups excluding carboxylic acids is 1. The molecule has 0 radical (unpaired) electrons. The Hall–Kier alpha value is -3.38. The van der Waals surface area contributed by atoms with Crippen LogP contribution in [0, 0.1) is 0 Å². The minimum atomic E-state index is -0.292. The minimum absolute atomic E-state index is 0.256. The number of amides is 1. The Bertz CT molecular complexity index is 1200. The van der Waals surface area contributed by atoms with E-state index >= 15 is 0 Å². The second kappa shape index (κ2) is 7.80. The Morgan fingerprint density at radius 2 is 1.97 bits per heavy atom. The van der Waals surface area contributed by atoms with Crippen LogP contribution in [0.15, 0.2) is 71.4 Å². The van der Waals surface area contributed by atoms with E-state index < -0.39 is 0 Å². The van der Waals surface area contributed by atoms with E-state index in [0.29, 0.717) is 29.6 Å². The third-order valence-corrected chi connectivity index (χ3v) is 5.58. The number of halogens is 1. The van der Waals surface area contributed by atoms with Crippen molar-refractivity contribution in [1.29, 1.82) is 0 Å². The maximum Gasteiger partial charge on any atom is 0.274 e. The molecule has 1 unspecified atom stereocenters. The van der Waals surface area contributed by atoms with Crippen LogP contribution in [0.25, 0.3) is 5.69 Å². The molecule has 0 saturated carbocycles. The highest BCUT2D eigenvalue weighted by molar-refractivity contribution is 6.29. The number of fused-ring (bicyclic) bond motifs is 3. The smallest absolute Gasteiger partial charge is 0.274 e. The topological polar surface area (TPSA) is 73.0 Å². The molecule has 0 spiro atoms. The molecule has 6 nitrogen and oxygen atoms in total. The van der Waals surface area contributed by atoms with E-state index in [0.717, 1.165) is 17.7 Å². The van der Waals surface area contributed by atoms with E-state index in [9.17, 15) is 4.79 Å².